The third-order valence-corrected chi connectivity index (χ3v) is 5.52. The lowest BCUT2D eigenvalue weighted by Crippen LogP contribution is -2.41. The van der Waals surface area contributed by atoms with Crippen molar-refractivity contribution >= 4 is 35.6 Å². The summed E-state index contributed by atoms with van der Waals surface area (Å²) < 4.78 is 5.52. The van der Waals surface area contributed by atoms with Crippen molar-refractivity contribution in [2.45, 2.75) is 33.6 Å². The molecular weight excluding hydrogens is 451 g/mol. The van der Waals surface area contributed by atoms with Crippen LogP contribution in [0, 0.1) is 11.3 Å². The maximum Gasteiger partial charge on any atom is 0.193 e. The first-order valence-electron chi connectivity index (χ1n) is 9.93. The van der Waals surface area contributed by atoms with Crippen molar-refractivity contribution in [3.05, 3.63) is 24.3 Å². The molecule has 2 heterocycles. The summed E-state index contributed by atoms with van der Waals surface area (Å²) in [6.07, 6.45) is 2.43. The minimum Gasteiger partial charge on any atom is -0.495 e. The highest BCUT2D eigenvalue weighted by molar-refractivity contribution is 14.0. The van der Waals surface area contributed by atoms with Crippen LogP contribution in [0.3, 0.4) is 0 Å². The van der Waals surface area contributed by atoms with Crippen LogP contribution in [-0.4, -0.2) is 57.2 Å². The molecule has 0 aliphatic carbocycles. The average molecular weight is 486 g/mol. The first-order valence-corrected chi connectivity index (χ1v) is 9.93. The second-order valence-electron chi connectivity index (χ2n) is 8.30. The Morgan fingerprint density at radius 3 is 2.74 bits per heavy atom. The molecule has 5 nitrogen and oxygen atoms in total. The molecule has 6 heteroatoms. The highest BCUT2D eigenvalue weighted by atomic mass is 127. The number of nitrogens with one attached hydrogen (secondary N) is 1. The molecule has 0 amide bonds. The largest absolute Gasteiger partial charge is 0.495 e. The third-order valence-electron chi connectivity index (χ3n) is 5.52. The van der Waals surface area contributed by atoms with Crippen LogP contribution in [0.2, 0.25) is 0 Å². The molecule has 1 atom stereocenters. The number of halogens is 1. The predicted molar refractivity (Wildman–Crippen MR) is 125 cm³/mol. The van der Waals surface area contributed by atoms with Gasteiger partial charge in [-0.2, -0.15) is 0 Å². The lowest BCUT2D eigenvalue weighted by molar-refractivity contribution is 0.369. The number of anilines is 1. The molecule has 0 radical (unpaired) electrons. The lowest BCUT2D eigenvalue weighted by atomic mass is 9.93. The van der Waals surface area contributed by atoms with Crippen LogP contribution in [0.5, 0.6) is 5.75 Å². The topological polar surface area (TPSA) is 40.1 Å². The van der Waals surface area contributed by atoms with E-state index >= 15 is 0 Å². The van der Waals surface area contributed by atoms with Crippen LogP contribution in [0.1, 0.15) is 33.6 Å². The molecule has 1 unspecified atom stereocenters. The van der Waals surface area contributed by atoms with Gasteiger partial charge >= 0.3 is 0 Å². The van der Waals surface area contributed by atoms with Crippen LogP contribution in [0.15, 0.2) is 29.3 Å². The SMILES string of the molecule is CCNC(=NCC1CCN(c2ccccc2OC)C1)N1CCC(C)(C)C1.I. The monoisotopic (exact) mass is 486 g/mol. The zero-order valence-corrected chi connectivity index (χ0v) is 19.5. The Bertz CT molecular complexity index is 634. The van der Waals surface area contributed by atoms with Gasteiger partial charge in [-0.25, -0.2) is 0 Å². The normalized spacial score (nSPS) is 21.9. The average Bonchev–Trinajstić information content (AvgIpc) is 3.25. The summed E-state index contributed by atoms with van der Waals surface area (Å²) in [5, 5.41) is 3.49. The Morgan fingerprint density at radius 2 is 2.07 bits per heavy atom. The number of hydrogen-bond donors (Lipinski definition) is 1. The first-order chi connectivity index (χ1) is 12.5. The maximum absolute atomic E-state index is 5.52. The van der Waals surface area contributed by atoms with E-state index in [1.54, 1.807) is 7.11 Å². The number of rotatable bonds is 5. The fraction of sp³-hybridized carbons (Fsp3) is 0.667. The highest BCUT2D eigenvalue weighted by Crippen LogP contribution is 2.32. The fourth-order valence-electron chi connectivity index (χ4n) is 4.03. The molecule has 0 bridgehead atoms. The van der Waals surface area contributed by atoms with E-state index in [-0.39, 0.29) is 24.0 Å². The van der Waals surface area contributed by atoms with Crippen molar-refractivity contribution in [3.63, 3.8) is 0 Å². The van der Waals surface area contributed by atoms with Gasteiger partial charge in [-0.3, -0.25) is 4.99 Å². The van der Waals surface area contributed by atoms with Crippen LogP contribution in [0.25, 0.3) is 0 Å². The first kappa shape index (κ1) is 22.1. The van der Waals surface area contributed by atoms with Crippen LogP contribution < -0.4 is 15.0 Å². The van der Waals surface area contributed by atoms with E-state index < -0.39 is 0 Å². The maximum atomic E-state index is 5.52. The molecule has 27 heavy (non-hydrogen) atoms. The summed E-state index contributed by atoms with van der Waals surface area (Å²) in [7, 11) is 1.75. The number of methoxy groups -OCH3 is 1. The molecule has 0 saturated carbocycles. The zero-order valence-electron chi connectivity index (χ0n) is 17.2. The van der Waals surface area contributed by atoms with E-state index in [1.165, 1.54) is 18.5 Å². The van der Waals surface area contributed by atoms with Gasteiger partial charge in [-0.1, -0.05) is 26.0 Å². The molecule has 2 fully saturated rings. The molecule has 2 aliphatic rings. The summed E-state index contributed by atoms with van der Waals surface area (Å²) >= 11 is 0. The lowest BCUT2D eigenvalue weighted by Gasteiger charge is -2.24. The Labute approximate surface area is 181 Å². The molecule has 1 aromatic carbocycles. The molecule has 0 aromatic heterocycles. The number of hydrogen-bond acceptors (Lipinski definition) is 3. The van der Waals surface area contributed by atoms with Gasteiger partial charge in [0.25, 0.3) is 0 Å². The van der Waals surface area contributed by atoms with Gasteiger partial charge in [-0.05, 0) is 43.2 Å². The minimum atomic E-state index is 0. The van der Waals surface area contributed by atoms with E-state index in [0.717, 1.165) is 51.0 Å². The smallest absolute Gasteiger partial charge is 0.193 e. The predicted octanol–water partition coefficient (Wildman–Crippen LogP) is 3.84. The van der Waals surface area contributed by atoms with Crippen molar-refractivity contribution in [1.82, 2.24) is 10.2 Å². The van der Waals surface area contributed by atoms with Gasteiger partial charge in [-0.15, -0.1) is 24.0 Å². The van der Waals surface area contributed by atoms with Crippen molar-refractivity contribution in [3.8, 4) is 5.75 Å². The number of aliphatic imine (C=N–C) groups is 1. The van der Waals surface area contributed by atoms with Gasteiger partial charge in [0.05, 0.1) is 12.8 Å². The molecule has 3 rings (SSSR count). The number of ether oxygens (including phenoxy) is 1. The van der Waals surface area contributed by atoms with Gasteiger partial charge in [0.2, 0.25) is 0 Å². The highest BCUT2D eigenvalue weighted by Gasteiger charge is 2.31. The number of likely N-dealkylation sites (tertiary alicyclic amines) is 1. The minimum absolute atomic E-state index is 0. The Balaban J connectivity index is 0.00000261. The number of nitrogens with zero attached hydrogens (tertiary/aromatic N) is 3. The van der Waals surface area contributed by atoms with Crippen molar-refractivity contribution in [2.75, 3.05) is 51.3 Å². The summed E-state index contributed by atoms with van der Waals surface area (Å²) in [4.78, 5) is 9.85. The second-order valence-corrected chi connectivity index (χ2v) is 8.30. The van der Waals surface area contributed by atoms with Crippen LogP contribution in [0.4, 0.5) is 5.69 Å². The van der Waals surface area contributed by atoms with Crippen molar-refractivity contribution < 1.29 is 4.74 Å². The van der Waals surface area contributed by atoms with Gasteiger partial charge < -0.3 is 19.9 Å². The van der Waals surface area contributed by atoms with Gasteiger partial charge in [0.1, 0.15) is 5.75 Å². The Hall–Kier alpha value is -1.18. The summed E-state index contributed by atoms with van der Waals surface area (Å²) in [6, 6.07) is 8.31. The number of guanidine groups is 1. The van der Waals surface area contributed by atoms with Crippen LogP contribution >= 0.6 is 24.0 Å². The molecule has 2 saturated heterocycles. The van der Waals surface area contributed by atoms with E-state index in [4.69, 9.17) is 9.73 Å². The van der Waals surface area contributed by atoms with E-state index in [1.807, 2.05) is 12.1 Å². The Morgan fingerprint density at radius 1 is 1.30 bits per heavy atom. The molecule has 0 spiro atoms. The quantitative estimate of drug-likeness (QED) is 0.390. The number of benzene rings is 1. The third kappa shape index (κ3) is 5.65. The summed E-state index contributed by atoms with van der Waals surface area (Å²) in [6.45, 7) is 13.0. The molecular formula is C21H35IN4O. The van der Waals surface area contributed by atoms with E-state index in [9.17, 15) is 0 Å². The van der Waals surface area contributed by atoms with Crippen molar-refractivity contribution in [2.24, 2.45) is 16.3 Å². The van der Waals surface area contributed by atoms with Gasteiger partial charge in [0, 0.05) is 39.3 Å². The standard InChI is InChI=1S/C21H34N4O.HI/c1-5-22-20(25-13-11-21(2,3)16-25)23-14-17-10-12-24(15-17)18-8-6-7-9-19(18)26-4;/h6-9,17H,5,10-16H2,1-4H3,(H,22,23);1H. The summed E-state index contributed by atoms with van der Waals surface area (Å²) in [5.74, 6) is 2.65. The number of para-hydroxylation sites is 2. The zero-order chi connectivity index (χ0) is 18.6. The van der Waals surface area contributed by atoms with E-state index in [2.05, 4.69) is 48.0 Å². The Kier molecular flexibility index (Phi) is 8.06. The fourth-order valence-corrected chi connectivity index (χ4v) is 4.03. The molecule has 2 aliphatic heterocycles. The molecule has 152 valence electrons. The summed E-state index contributed by atoms with van der Waals surface area (Å²) in [5.41, 5.74) is 1.60. The van der Waals surface area contributed by atoms with Crippen molar-refractivity contribution in [1.29, 1.82) is 0 Å². The van der Waals surface area contributed by atoms with Crippen LogP contribution in [-0.2, 0) is 0 Å². The van der Waals surface area contributed by atoms with Gasteiger partial charge in [0.15, 0.2) is 5.96 Å². The molecule has 1 aromatic rings. The second kappa shape index (κ2) is 9.85. The molecule has 1 N–H and O–H groups in total. The van der Waals surface area contributed by atoms with E-state index in [0.29, 0.717) is 11.3 Å².